The van der Waals surface area contributed by atoms with E-state index < -0.39 is 0 Å². The van der Waals surface area contributed by atoms with Crippen LogP contribution in [0.4, 0.5) is 5.69 Å². The summed E-state index contributed by atoms with van der Waals surface area (Å²) in [5.41, 5.74) is 3.59. The summed E-state index contributed by atoms with van der Waals surface area (Å²) >= 11 is 0. The quantitative estimate of drug-likeness (QED) is 0.456. The summed E-state index contributed by atoms with van der Waals surface area (Å²) in [6, 6.07) is 19.0. The first-order valence-electron chi connectivity index (χ1n) is 10.7. The lowest BCUT2D eigenvalue weighted by atomic mass is 10.1. The first-order chi connectivity index (χ1) is 15.2. The summed E-state index contributed by atoms with van der Waals surface area (Å²) < 4.78 is 7.45. The highest BCUT2D eigenvalue weighted by atomic mass is 16.5. The second kappa shape index (κ2) is 10.0. The molecule has 7 nitrogen and oxygen atoms in total. The van der Waals surface area contributed by atoms with Gasteiger partial charge in [-0.15, -0.1) is 0 Å². The molecule has 1 aliphatic heterocycles. The molecule has 0 saturated carbocycles. The van der Waals surface area contributed by atoms with E-state index in [-0.39, 0.29) is 0 Å². The number of hydrogen-bond donors (Lipinski definition) is 2. The average Bonchev–Trinajstić information content (AvgIpc) is 3.49. The smallest absolute Gasteiger partial charge is 0.191 e. The van der Waals surface area contributed by atoms with Gasteiger partial charge in [0.1, 0.15) is 5.75 Å². The molecule has 0 spiro atoms. The molecule has 2 N–H and O–H groups in total. The van der Waals surface area contributed by atoms with Gasteiger partial charge in [0.05, 0.1) is 19.3 Å². The lowest BCUT2D eigenvalue weighted by molar-refractivity contribution is 0.415. The molecule has 7 heteroatoms. The van der Waals surface area contributed by atoms with Gasteiger partial charge in [-0.3, -0.25) is 9.67 Å². The largest absolute Gasteiger partial charge is 0.495 e. The molecule has 31 heavy (non-hydrogen) atoms. The van der Waals surface area contributed by atoms with Gasteiger partial charge in [0, 0.05) is 45.1 Å². The van der Waals surface area contributed by atoms with Crippen molar-refractivity contribution < 1.29 is 4.74 Å². The Morgan fingerprint density at radius 1 is 1.16 bits per heavy atom. The minimum Gasteiger partial charge on any atom is -0.495 e. The minimum absolute atomic E-state index is 0.335. The number of hydrogen-bond acceptors (Lipinski definition) is 4. The summed E-state index contributed by atoms with van der Waals surface area (Å²) in [4.78, 5) is 6.78. The second-order valence-electron chi connectivity index (χ2n) is 7.70. The number of anilines is 1. The normalized spacial score (nSPS) is 16.4. The summed E-state index contributed by atoms with van der Waals surface area (Å²) in [5.74, 6) is 1.74. The van der Waals surface area contributed by atoms with Crippen LogP contribution in [0.1, 0.15) is 17.5 Å². The Labute approximate surface area is 183 Å². The van der Waals surface area contributed by atoms with E-state index in [2.05, 4.69) is 62.0 Å². The van der Waals surface area contributed by atoms with Crippen LogP contribution in [0.5, 0.6) is 5.75 Å². The van der Waals surface area contributed by atoms with E-state index >= 15 is 0 Å². The zero-order valence-electron chi connectivity index (χ0n) is 18.2. The molecule has 2 heterocycles. The number of aliphatic imine (C=N–C) groups is 1. The molecule has 2 aromatic carbocycles. The van der Waals surface area contributed by atoms with Gasteiger partial charge in [-0.1, -0.05) is 36.4 Å². The lowest BCUT2D eigenvalue weighted by Gasteiger charge is -2.22. The van der Waals surface area contributed by atoms with Crippen LogP contribution < -0.4 is 20.3 Å². The fourth-order valence-electron chi connectivity index (χ4n) is 3.98. The maximum atomic E-state index is 5.52. The van der Waals surface area contributed by atoms with Gasteiger partial charge in [0.15, 0.2) is 5.96 Å². The molecular formula is C24H30N6O. The molecule has 1 unspecified atom stereocenters. The predicted octanol–water partition coefficient (Wildman–Crippen LogP) is 2.88. The third-order valence-corrected chi connectivity index (χ3v) is 5.53. The van der Waals surface area contributed by atoms with Crippen LogP contribution in [-0.2, 0) is 13.1 Å². The molecule has 1 saturated heterocycles. The summed E-state index contributed by atoms with van der Waals surface area (Å²) in [6.45, 7) is 3.40. The molecule has 1 aliphatic rings. The van der Waals surface area contributed by atoms with E-state index in [0.717, 1.165) is 50.0 Å². The van der Waals surface area contributed by atoms with E-state index in [1.807, 2.05) is 36.1 Å². The van der Waals surface area contributed by atoms with E-state index in [1.54, 1.807) is 13.3 Å². The summed E-state index contributed by atoms with van der Waals surface area (Å²) in [6.07, 6.45) is 4.84. The standard InChI is InChI=1S/C24H30N6O/c1-25-24(26-16-19-7-5-8-20(15-19)17-30-13-6-12-27-30)28-21-11-14-29(18-21)22-9-3-4-10-23(22)31-2/h3-10,12-13,15,21H,11,14,16-18H2,1-2H3,(H2,25,26,28). The minimum atomic E-state index is 0.335. The topological polar surface area (TPSA) is 66.7 Å². The molecule has 1 aromatic heterocycles. The summed E-state index contributed by atoms with van der Waals surface area (Å²) in [7, 11) is 3.54. The zero-order valence-corrected chi connectivity index (χ0v) is 18.2. The average molecular weight is 419 g/mol. The highest BCUT2D eigenvalue weighted by molar-refractivity contribution is 5.80. The highest BCUT2D eigenvalue weighted by Gasteiger charge is 2.25. The number of rotatable bonds is 7. The Morgan fingerprint density at radius 2 is 2.03 bits per heavy atom. The highest BCUT2D eigenvalue weighted by Crippen LogP contribution is 2.30. The van der Waals surface area contributed by atoms with E-state index in [4.69, 9.17) is 4.74 Å². The molecule has 3 aromatic rings. The Kier molecular flexibility index (Phi) is 6.72. The van der Waals surface area contributed by atoms with Crippen molar-refractivity contribution in [3.63, 3.8) is 0 Å². The number of benzene rings is 2. The van der Waals surface area contributed by atoms with Gasteiger partial charge in [-0.2, -0.15) is 5.10 Å². The summed E-state index contributed by atoms with van der Waals surface area (Å²) in [5, 5.41) is 11.3. The molecule has 0 radical (unpaired) electrons. The van der Waals surface area contributed by atoms with Gasteiger partial charge in [-0.05, 0) is 35.7 Å². The van der Waals surface area contributed by atoms with Crippen molar-refractivity contribution in [1.82, 2.24) is 20.4 Å². The number of guanidine groups is 1. The fraction of sp³-hybridized carbons (Fsp3) is 0.333. The van der Waals surface area contributed by atoms with Crippen molar-refractivity contribution in [2.24, 2.45) is 4.99 Å². The number of nitrogens with zero attached hydrogens (tertiary/aromatic N) is 4. The van der Waals surface area contributed by atoms with Crippen molar-refractivity contribution in [1.29, 1.82) is 0 Å². The van der Waals surface area contributed by atoms with Crippen LogP contribution >= 0.6 is 0 Å². The Hall–Kier alpha value is -3.48. The number of ether oxygens (including phenoxy) is 1. The fourth-order valence-corrected chi connectivity index (χ4v) is 3.98. The van der Waals surface area contributed by atoms with E-state index in [0.29, 0.717) is 6.04 Å². The van der Waals surface area contributed by atoms with E-state index in [9.17, 15) is 0 Å². The predicted molar refractivity (Wildman–Crippen MR) is 125 cm³/mol. The van der Waals surface area contributed by atoms with Crippen molar-refractivity contribution in [2.45, 2.75) is 25.6 Å². The van der Waals surface area contributed by atoms with E-state index in [1.165, 1.54) is 11.1 Å². The molecule has 0 amide bonds. The zero-order chi connectivity index (χ0) is 21.5. The molecule has 1 fully saturated rings. The van der Waals surface area contributed by atoms with Crippen LogP contribution in [-0.4, -0.2) is 49.0 Å². The first kappa shape index (κ1) is 20.8. The molecule has 1 atom stereocenters. The third-order valence-electron chi connectivity index (χ3n) is 5.53. The Bertz CT molecular complexity index is 1000. The molecule has 4 rings (SSSR count). The molecule has 0 aliphatic carbocycles. The second-order valence-corrected chi connectivity index (χ2v) is 7.70. The number of methoxy groups -OCH3 is 1. The van der Waals surface area contributed by atoms with Crippen LogP contribution in [0.3, 0.4) is 0 Å². The maximum Gasteiger partial charge on any atom is 0.191 e. The molecule has 162 valence electrons. The van der Waals surface area contributed by atoms with Gasteiger partial charge in [-0.25, -0.2) is 0 Å². The van der Waals surface area contributed by atoms with Crippen LogP contribution in [0.2, 0.25) is 0 Å². The van der Waals surface area contributed by atoms with Crippen LogP contribution in [0.15, 0.2) is 72.0 Å². The molecular weight excluding hydrogens is 388 g/mol. The SMILES string of the molecule is CN=C(NCc1cccc(Cn2cccn2)c1)NC1CCN(c2ccccc2OC)C1. The Balaban J connectivity index is 1.30. The number of nitrogens with one attached hydrogen (secondary N) is 2. The lowest BCUT2D eigenvalue weighted by Crippen LogP contribution is -2.44. The maximum absolute atomic E-state index is 5.52. The van der Waals surface area contributed by atoms with Crippen LogP contribution in [0.25, 0.3) is 0 Å². The van der Waals surface area contributed by atoms with Crippen molar-refractivity contribution in [3.05, 3.63) is 78.1 Å². The van der Waals surface area contributed by atoms with Crippen LogP contribution in [0, 0.1) is 0 Å². The monoisotopic (exact) mass is 418 g/mol. The number of aromatic nitrogens is 2. The Morgan fingerprint density at radius 3 is 2.84 bits per heavy atom. The van der Waals surface area contributed by atoms with Crippen molar-refractivity contribution in [3.8, 4) is 5.75 Å². The first-order valence-corrected chi connectivity index (χ1v) is 10.7. The van der Waals surface area contributed by atoms with Gasteiger partial charge in [0.25, 0.3) is 0 Å². The van der Waals surface area contributed by atoms with Gasteiger partial charge < -0.3 is 20.3 Å². The van der Waals surface area contributed by atoms with Gasteiger partial charge >= 0.3 is 0 Å². The number of para-hydroxylation sites is 2. The van der Waals surface area contributed by atoms with Gasteiger partial charge in [0.2, 0.25) is 0 Å². The van der Waals surface area contributed by atoms with Crippen molar-refractivity contribution >= 4 is 11.6 Å². The third kappa shape index (κ3) is 5.36. The van der Waals surface area contributed by atoms with Crippen molar-refractivity contribution in [2.75, 3.05) is 32.1 Å². The molecule has 0 bridgehead atoms.